The molecule has 0 radical (unpaired) electrons. The smallest absolute Gasteiger partial charge is 0.258 e. The van der Waals surface area contributed by atoms with Gasteiger partial charge < -0.3 is 15.4 Å². The van der Waals surface area contributed by atoms with Gasteiger partial charge in [0.05, 0.1) is 18.8 Å². The van der Waals surface area contributed by atoms with Crippen molar-refractivity contribution in [2.45, 2.75) is 32.5 Å². The van der Waals surface area contributed by atoms with Gasteiger partial charge in [0.15, 0.2) is 0 Å². The Morgan fingerprint density at radius 1 is 1.23 bits per heavy atom. The molecule has 0 saturated heterocycles. The van der Waals surface area contributed by atoms with E-state index in [1.54, 1.807) is 11.3 Å². The van der Waals surface area contributed by atoms with E-state index in [1.165, 1.54) is 21.6 Å². The van der Waals surface area contributed by atoms with Gasteiger partial charge in [-0.1, -0.05) is 6.07 Å². The molecule has 0 unspecified atom stereocenters. The molecule has 0 fully saturated rings. The fourth-order valence-electron chi connectivity index (χ4n) is 3.26. The highest BCUT2D eigenvalue weighted by Gasteiger charge is 2.26. The molecule has 2 heterocycles. The van der Waals surface area contributed by atoms with Gasteiger partial charge in [-0.25, -0.2) is 0 Å². The second kappa shape index (κ2) is 5.41. The number of hydrogen-bond acceptors (Lipinski definition) is 4. The van der Waals surface area contributed by atoms with Crippen molar-refractivity contribution in [1.29, 1.82) is 0 Å². The molecule has 2 aliphatic rings. The molecule has 0 atom stereocenters. The summed E-state index contributed by atoms with van der Waals surface area (Å²) in [6.07, 6.45) is 3.26. The van der Waals surface area contributed by atoms with Crippen LogP contribution < -0.4 is 10.6 Å². The Balaban J connectivity index is 1.63. The first-order chi connectivity index (χ1) is 10.8. The van der Waals surface area contributed by atoms with E-state index in [9.17, 15) is 4.79 Å². The zero-order valence-corrected chi connectivity index (χ0v) is 13.3. The van der Waals surface area contributed by atoms with Crippen LogP contribution in [0, 0.1) is 0 Å². The molecule has 1 aliphatic carbocycles. The van der Waals surface area contributed by atoms with E-state index in [0.717, 1.165) is 35.5 Å². The monoisotopic (exact) mass is 314 g/mol. The molecule has 22 heavy (non-hydrogen) atoms. The average Bonchev–Trinajstić information content (AvgIpc) is 3.20. The number of carbonyl (C=O) groups excluding carboxylic acids is 1. The van der Waals surface area contributed by atoms with Crippen LogP contribution in [0.25, 0.3) is 0 Å². The second-order valence-corrected chi connectivity index (χ2v) is 6.85. The molecule has 1 aliphatic heterocycles. The Labute approximate surface area is 133 Å². The van der Waals surface area contributed by atoms with Gasteiger partial charge in [-0.3, -0.25) is 4.79 Å². The average molecular weight is 314 g/mol. The summed E-state index contributed by atoms with van der Waals surface area (Å²) in [5, 5.41) is 7.20. The molecule has 4 rings (SSSR count). The van der Waals surface area contributed by atoms with Crippen LogP contribution in [0.1, 0.15) is 38.3 Å². The van der Waals surface area contributed by atoms with E-state index in [2.05, 4.69) is 10.6 Å². The van der Waals surface area contributed by atoms with E-state index in [4.69, 9.17) is 4.74 Å². The van der Waals surface area contributed by atoms with Crippen molar-refractivity contribution in [1.82, 2.24) is 0 Å². The number of aryl methyl sites for hydroxylation is 1. The zero-order valence-electron chi connectivity index (χ0n) is 12.5. The van der Waals surface area contributed by atoms with Crippen molar-refractivity contribution in [2.75, 3.05) is 17.7 Å². The molecule has 2 aromatic rings. The molecule has 1 amide bonds. The third kappa shape index (κ3) is 2.21. The summed E-state index contributed by atoms with van der Waals surface area (Å²) in [5.74, 6) is -0.0115. The Bertz CT molecular complexity index is 751. The number of ether oxygens (including phenoxy) is 1. The van der Waals surface area contributed by atoms with E-state index in [-0.39, 0.29) is 5.91 Å². The Morgan fingerprint density at radius 3 is 2.95 bits per heavy atom. The first-order valence-corrected chi connectivity index (χ1v) is 8.41. The standard InChI is InChI=1S/C17H18N2O2S/c1-18-17-15(13-3-2-4-14(13)22-17)16(20)19-12-6-5-10-8-21-9-11(10)7-12/h5-7,18H,2-4,8-9H2,1H3,(H,19,20). The minimum atomic E-state index is -0.0115. The van der Waals surface area contributed by atoms with Crippen molar-refractivity contribution < 1.29 is 9.53 Å². The Hall–Kier alpha value is -1.85. The zero-order chi connectivity index (χ0) is 15.1. The van der Waals surface area contributed by atoms with Gasteiger partial charge in [-0.2, -0.15) is 0 Å². The van der Waals surface area contributed by atoms with Crippen molar-refractivity contribution in [3.8, 4) is 0 Å². The lowest BCUT2D eigenvalue weighted by Gasteiger charge is -2.09. The van der Waals surface area contributed by atoms with Crippen LogP contribution in [0.5, 0.6) is 0 Å². The number of rotatable bonds is 3. The van der Waals surface area contributed by atoms with Gasteiger partial charge >= 0.3 is 0 Å². The fraction of sp³-hybridized carbons (Fsp3) is 0.353. The van der Waals surface area contributed by atoms with Gasteiger partial charge in [0.1, 0.15) is 5.00 Å². The molecule has 2 N–H and O–H groups in total. The van der Waals surface area contributed by atoms with Gasteiger partial charge in [0.2, 0.25) is 0 Å². The highest BCUT2D eigenvalue weighted by Crippen LogP contribution is 2.39. The molecule has 0 saturated carbocycles. The third-order valence-electron chi connectivity index (χ3n) is 4.35. The van der Waals surface area contributed by atoms with Crippen LogP contribution in [0.15, 0.2) is 18.2 Å². The third-order valence-corrected chi connectivity index (χ3v) is 5.66. The van der Waals surface area contributed by atoms with Crippen molar-refractivity contribution in [3.05, 3.63) is 45.3 Å². The quantitative estimate of drug-likeness (QED) is 0.911. The Kier molecular flexibility index (Phi) is 3.39. The molecule has 0 bridgehead atoms. The highest BCUT2D eigenvalue weighted by molar-refractivity contribution is 7.16. The van der Waals surface area contributed by atoms with E-state index < -0.39 is 0 Å². The van der Waals surface area contributed by atoms with Crippen LogP contribution in [0.3, 0.4) is 0 Å². The fourth-order valence-corrected chi connectivity index (χ4v) is 4.50. The number of thiophene rings is 1. The molecule has 1 aromatic heterocycles. The molecule has 5 heteroatoms. The Morgan fingerprint density at radius 2 is 2.09 bits per heavy atom. The van der Waals surface area contributed by atoms with Crippen LogP contribution in [-0.4, -0.2) is 13.0 Å². The molecular formula is C17H18N2O2S. The molecule has 114 valence electrons. The highest BCUT2D eigenvalue weighted by atomic mass is 32.1. The first-order valence-electron chi connectivity index (χ1n) is 7.59. The summed E-state index contributed by atoms with van der Waals surface area (Å²) >= 11 is 1.72. The summed E-state index contributed by atoms with van der Waals surface area (Å²) in [4.78, 5) is 14.1. The molecule has 0 spiro atoms. The summed E-state index contributed by atoms with van der Waals surface area (Å²) in [7, 11) is 1.88. The lowest BCUT2D eigenvalue weighted by atomic mass is 10.1. The molecular weight excluding hydrogens is 296 g/mol. The van der Waals surface area contributed by atoms with Crippen molar-refractivity contribution in [3.63, 3.8) is 0 Å². The van der Waals surface area contributed by atoms with Gasteiger partial charge in [0, 0.05) is 17.6 Å². The largest absolute Gasteiger partial charge is 0.379 e. The maximum absolute atomic E-state index is 12.7. The summed E-state index contributed by atoms with van der Waals surface area (Å²) < 4.78 is 5.42. The predicted molar refractivity (Wildman–Crippen MR) is 88.8 cm³/mol. The summed E-state index contributed by atoms with van der Waals surface area (Å²) in [6.45, 7) is 1.31. The second-order valence-electron chi connectivity index (χ2n) is 5.74. The minimum Gasteiger partial charge on any atom is -0.379 e. The maximum Gasteiger partial charge on any atom is 0.258 e. The lowest BCUT2D eigenvalue weighted by molar-refractivity contribution is 0.102. The molecule has 1 aromatic carbocycles. The predicted octanol–water partition coefficient (Wildman–Crippen LogP) is 3.56. The lowest BCUT2D eigenvalue weighted by Crippen LogP contribution is -2.14. The summed E-state index contributed by atoms with van der Waals surface area (Å²) in [6, 6.07) is 6.01. The number of amides is 1. The SMILES string of the molecule is CNc1sc2c(c1C(=O)Nc1ccc3c(c1)COC3)CCC2. The first kappa shape index (κ1) is 13.8. The van der Waals surface area contributed by atoms with Crippen molar-refractivity contribution in [2.24, 2.45) is 0 Å². The van der Waals surface area contributed by atoms with Crippen LogP contribution in [-0.2, 0) is 30.8 Å². The van der Waals surface area contributed by atoms with E-state index >= 15 is 0 Å². The number of fused-ring (bicyclic) bond motifs is 2. The number of carbonyl (C=O) groups is 1. The van der Waals surface area contributed by atoms with Gasteiger partial charge in [-0.05, 0) is 48.1 Å². The number of anilines is 2. The minimum absolute atomic E-state index is 0.0115. The van der Waals surface area contributed by atoms with Gasteiger partial charge in [-0.15, -0.1) is 11.3 Å². The molecule has 4 nitrogen and oxygen atoms in total. The number of hydrogen-bond donors (Lipinski definition) is 2. The van der Waals surface area contributed by atoms with E-state index in [0.29, 0.717) is 13.2 Å². The van der Waals surface area contributed by atoms with Gasteiger partial charge in [0.25, 0.3) is 5.91 Å². The normalized spacial score (nSPS) is 15.5. The van der Waals surface area contributed by atoms with E-state index in [1.807, 2.05) is 25.2 Å². The summed E-state index contributed by atoms with van der Waals surface area (Å²) in [5.41, 5.74) is 5.29. The van der Waals surface area contributed by atoms with Crippen LogP contribution in [0.4, 0.5) is 10.7 Å². The maximum atomic E-state index is 12.7. The van der Waals surface area contributed by atoms with Crippen molar-refractivity contribution >= 4 is 27.9 Å². The van der Waals surface area contributed by atoms with Crippen LogP contribution in [0.2, 0.25) is 0 Å². The number of benzene rings is 1. The van der Waals surface area contributed by atoms with Crippen LogP contribution >= 0.6 is 11.3 Å². The topological polar surface area (TPSA) is 50.4 Å². The number of nitrogens with one attached hydrogen (secondary N) is 2.